The van der Waals surface area contributed by atoms with Crippen LogP contribution in [0.4, 0.5) is 0 Å². The molecule has 0 saturated carbocycles. The van der Waals surface area contributed by atoms with Gasteiger partial charge in [0.15, 0.2) is 0 Å². The fourth-order valence-corrected chi connectivity index (χ4v) is 2.22. The third-order valence-electron chi connectivity index (χ3n) is 3.65. The van der Waals surface area contributed by atoms with E-state index in [0.29, 0.717) is 0 Å². The van der Waals surface area contributed by atoms with Crippen LogP contribution in [0.5, 0.6) is 0 Å². The zero-order valence-corrected chi connectivity index (χ0v) is 12.3. The van der Waals surface area contributed by atoms with E-state index >= 15 is 0 Å². The predicted octanol–water partition coefficient (Wildman–Crippen LogP) is 3.09. The molecule has 1 aliphatic rings. The number of hydrogen-bond donors (Lipinski definition) is 0. The Kier molecular flexibility index (Phi) is 6.37. The Morgan fingerprint density at radius 1 is 1.17 bits per heavy atom. The minimum atomic E-state index is 0.721. The van der Waals surface area contributed by atoms with Crippen LogP contribution in [0, 0.1) is 0 Å². The SMILES string of the molecule is C=C(C)/C=C\C(=C)CN1CCN(C(C)CC)CC1. The summed E-state index contributed by atoms with van der Waals surface area (Å²) in [6.45, 7) is 20.2. The second-order valence-electron chi connectivity index (χ2n) is 5.41. The van der Waals surface area contributed by atoms with E-state index < -0.39 is 0 Å². The van der Waals surface area contributed by atoms with Gasteiger partial charge in [-0.05, 0) is 25.8 Å². The van der Waals surface area contributed by atoms with Crippen LogP contribution in [0.25, 0.3) is 0 Å². The van der Waals surface area contributed by atoms with Crippen molar-refractivity contribution < 1.29 is 0 Å². The first-order chi connectivity index (χ1) is 8.52. The molecule has 1 aliphatic heterocycles. The maximum absolute atomic E-state index is 4.11. The Bertz CT molecular complexity index is 309. The molecule has 0 N–H and O–H groups in total. The molecule has 0 aromatic rings. The van der Waals surface area contributed by atoms with E-state index in [1.807, 2.05) is 13.0 Å². The first-order valence-corrected chi connectivity index (χ1v) is 7.00. The summed E-state index contributed by atoms with van der Waals surface area (Å²) in [5, 5.41) is 0. The molecule has 1 atom stereocenters. The largest absolute Gasteiger partial charge is 0.298 e. The van der Waals surface area contributed by atoms with Gasteiger partial charge in [-0.3, -0.25) is 9.80 Å². The zero-order chi connectivity index (χ0) is 13.5. The van der Waals surface area contributed by atoms with Crippen LogP contribution in [0.2, 0.25) is 0 Å². The molecule has 2 heteroatoms. The van der Waals surface area contributed by atoms with E-state index in [9.17, 15) is 0 Å². The molecule has 0 amide bonds. The lowest BCUT2D eigenvalue weighted by Crippen LogP contribution is -2.49. The molecular formula is C16H28N2. The lowest BCUT2D eigenvalue weighted by Gasteiger charge is -2.37. The van der Waals surface area contributed by atoms with Gasteiger partial charge in [0.2, 0.25) is 0 Å². The number of hydrogen-bond acceptors (Lipinski definition) is 2. The molecule has 1 rings (SSSR count). The molecule has 0 bridgehead atoms. The topological polar surface area (TPSA) is 6.48 Å². The molecule has 102 valence electrons. The first-order valence-electron chi connectivity index (χ1n) is 7.00. The van der Waals surface area contributed by atoms with Crippen molar-refractivity contribution in [1.82, 2.24) is 9.80 Å². The lowest BCUT2D eigenvalue weighted by atomic mass is 10.1. The Labute approximate surface area is 113 Å². The van der Waals surface area contributed by atoms with E-state index in [2.05, 4.69) is 42.9 Å². The second kappa shape index (κ2) is 7.55. The van der Waals surface area contributed by atoms with Crippen LogP contribution in [-0.4, -0.2) is 48.6 Å². The fourth-order valence-electron chi connectivity index (χ4n) is 2.22. The van der Waals surface area contributed by atoms with Crippen LogP contribution in [-0.2, 0) is 0 Å². The molecule has 2 nitrogen and oxygen atoms in total. The summed E-state index contributed by atoms with van der Waals surface area (Å²) in [6.07, 6.45) is 5.37. The maximum Gasteiger partial charge on any atom is 0.0228 e. The number of nitrogens with zero attached hydrogens (tertiary/aromatic N) is 2. The Balaban J connectivity index is 2.31. The number of rotatable bonds is 6. The van der Waals surface area contributed by atoms with Crippen molar-refractivity contribution in [1.29, 1.82) is 0 Å². The van der Waals surface area contributed by atoms with Gasteiger partial charge in [0.25, 0.3) is 0 Å². The molecule has 1 saturated heterocycles. The molecule has 0 aromatic heterocycles. The Morgan fingerprint density at radius 2 is 1.78 bits per heavy atom. The molecule has 0 aliphatic carbocycles. The highest BCUT2D eigenvalue weighted by atomic mass is 15.3. The van der Waals surface area contributed by atoms with Gasteiger partial charge >= 0.3 is 0 Å². The van der Waals surface area contributed by atoms with Crippen molar-refractivity contribution in [2.75, 3.05) is 32.7 Å². The highest BCUT2D eigenvalue weighted by Gasteiger charge is 2.19. The summed E-state index contributed by atoms with van der Waals surface area (Å²) in [5.74, 6) is 0. The summed E-state index contributed by atoms with van der Waals surface area (Å²) in [5.41, 5.74) is 2.26. The van der Waals surface area contributed by atoms with Crippen LogP contribution < -0.4 is 0 Å². The normalized spacial score (nSPS) is 20.2. The summed E-state index contributed by atoms with van der Waals surface area (Å²) in [6, 6.07) is 0.721. The van der Waals surface area contributed by atoms with Crippen molar-refractivity contribution in [3.05, 3.63) is 36.5 Å². The highest BCUT2D eigenvalue weighted by Crippen LogP contribution is 2.10. The molecule has 18 heavy (non-hydrogen) atoms. The van der Waals surface area contributed by atoms with Crippen LogP contribution >= 0.6 is 0 Å². The van der Waals surface area contributed by atoms with Crippen molar-refractivity contribution in [2.24, 2.45) is 0 Å². The van der Waals surface area contributed by atoms with E-state index in [-0.39, 0.29) is 0 Å². The molecule has 0 radical (unpaired) electrons. The molecule has 1 fully saturated rings. The molecule has 1 heterocycles. The van der Waals surface area contributed by atoms with Crippen LogP contribution in [0.15, 0.2) is 36.5 Å². The number of piperazine rings is 1. The van der Waals surface area contributed by atoms with Gasteiger partial charge in [-0.1, -0.05) is 37.8 Å². The van der Waals surface area contributed by atoms with Gasteiger partial charge < -0.3 is 0 Å². The minimum absolute atomic E-state index is 0.721. The first kappa shape index (κ1) is 15.2. The van der Waals surface area contributed by atoms with Crippen LogP contribution in [0.3, 0.4) is 0 Å². The van der Waals surface area contributed by atoms with Crippen molar-refractivity contribution in [3.63, 3.8) is 0 Å². The Hall–Kier alpha value is -0.860. The lowest BCUT2D eigenvalue weighted by molar-refractivity contribution is 0.107. The van der Waals surface area contributed by atoms with E-state index in [0.717, 1.165) is 31.2 Å². The minimum Gasteiger partial charge on any atom is -0.298 e. The Morgan fingerprint density at radius 3 is 2.28 bits per heavy atom. The van der Waals surface area contributed by atoms with Gasteiger partial charge in [0.1, 0.15) is 0 Å². The standard InChI is InChI=1S/C16H28N2/c1-6-16(5)18-11-9-17(10-12-18)13-15(4)8-7-14(2)3/h7-8,16H,2,4,6,9-13H2,1,3,5H3/b8-7-. The molecule has 1 unspecified atom stereocenters. The van der Waals surface area contributed by atoms with Crippen LogP contribution in [0.1, 0.15) is 27.2 Å². The summed E-state index contributed by atoms with van der Waals surface area (Å²) in [7, 11) is 0. The monoisotopic (exact) mass is 248 g/mol. The third kappa shape index (κ3) is 5.19. The number of allylic oxidation sites excluding steroid dienone is 2. The molecular weight excluding hydrogens is 220 g/mol. The van der Waals surface area contributed by atoms with Crippen molar-refractivity contribution in [3.8, 4) is 0 Å². The summed E-state index contributed by atoms with van der Waals surface area (Å²) < 4.78 is 0. The van der Waals surface area contributed by atoms with Gasteiger partial charge in [0, 0.05) is 38.8 Å². The highest BCUT2D eigenvalue weighted by molar-refractivity contribution is 5.23. The summed E-state index contributed by atoms with van der Waals surface area (Å²) in [4.78, 5) is 5.08. The second-order valence-corrected chi connectivity index (χ2v) is 5.41. The van der Waals surface area contributed by atoms with Gasteiger partial charge in [-0.15, -0.1) is 0 Å². The maximum atomic E-state index is 4.11. The molecule has 0 aromatic carbocycles. The average molecular weight is 248 g/mol. The van der Waals surface area contributed by atoms with Gasteiger partial charge in [0.05, 0.1) is 0 Å². The quantitative estimate of drug-likeness (QED) is 0.667. The summed E-state index contributed by atoms with van der Waals surface area (Å²) >= 11 is 0. The molecule has 0 spiro atoms. The predicted molar refractivity (Wildman–Crippen MR) is 80.9 cm³/mol. The van der Waals surface area contributed by atoms with E-state index in [1.165, 1.54) is 25.1 Å². The van der Waals surface area contributed by atoms with Gasteiger partial charge in [-0.25, -0.2) is 0 Å². The van der Waals surface area contributed by atoms with E-state index in [4.69, 9.17) is 0 Å². The van der Waals surface area contributed by atoms with Gasteiger partial charge in [-0.2, -0.15) is 0 Å². The zero-order valence-electron chi connectivity index (χ0n) is 12.3. The van der Waals surface area contributed by atoms with E-state index in [1.54, 1.807) is 0 Å². The third-order valence-corrected chi connectivity index (χ3v) is 3.65. The average Bonchev–Trinajstić information content (AvgIpc) is 2.36. The fraction of sp³-hybridized carbons (Fsp3) is 0.625. The van der Waals surface area contributed by atoms with Crippen molar-refractivity contribution >= 4 is 0 Å². The smallest absolute Gasteiger partial charge is 0.0228 e. The van der Waals surface area contributed by atoms with Crippen molar-refractivity contribution in [2.45, 2.75) is 33.2 Å².